The Morgan fingerprint density at radius 3 is 2.28 bits per heavy atom. The molecule has 0 aliphatic heterocycles. The van der Waals surface area contributed by atoms with Crippen LogP contribution in [0.3, 0.4) is 0 Å². The predicted octanol–water partition coefficient (Wildman–Crippen LogP) is 2.21. The topological polar surface area (TPSA) is 72.8 Å². The molecule has 0 radical (unpaired) electrons. The first kappa shape index (κ1) is 13.8. The van der Waals surface area contributed by atoms with Crippen molar-refractivity contribution in [2.24, 2.45) is 0 Å². The molecule has 1 N–H and O–H groups in total. The number of carbonyl (C=O) groups excluding carboxylic acids is 1. The molecule has 0 fully saturated rings. The minimum absolute atomic E-state index is 0.426. The van der Waals surface area contributed by atoms with Crippen LogP contribution in [0.25, 0.3) is 0 Å². The lowest BCUT2D eigenvalue weighted by Gasteiger charge is -2.13. The first-order chi connectivity index (χ1) is 8.19. The molecule has 1 rings (SSSR count). The number of benzene rings is 1. The number of hydrogen-bond acceptors (Lipinski definition) is 4. The third kappa shape index (κ3) is 3.96. The van der Waals surface area contributed by atoms with Gasteiger partial charge in [0.05, 0.1) is 5.56 Å². The van der Waals surface area contributed by atoms with Crippen LogP contribution in [0.5, 0.6) is 11.5 Å². The maximum Gasteiger partial charge on any atom is 0.573 e. The molecule has 1 aromatic carbocycles. The van der Waals surface area contributed by atoms with Gasteiger partial charge in [-0.2, -0.15) is 0 Å². The van der Waals surface area contributed by atoms with Crippen molar-refractivity contribution in [3.8, 4) is 11.5 Å². The van der Waals surface area contributed by atoms with Crippen LogP contribution in [-0.4, -0.2) is 23.4 Å². The van der Waals surface area contributed by atoms with Crippen molar-refractivity contribution in [2.75, 3.05) is 0 Å². The molecule has 0 saturated heterocycles. The van der Waals surface area contributed by atoms with Crippen molar-refractivity contribution in [1.82, 2.24) is 0 Å². The molecule has 0 aliphatic carbocycles. The molecule has 0 atom stereocenters. The third-order valence-corrected chi connectivity index (χ3v) is 1.67. The van der Waals surface area contributed by atoms with Crippen LogP contribution in [0.15, 0.2) is 18.2 Å². The van der Waals surface area contributed by atoms with Gasteiger partial charge < -0.3 is 14.6 Å². The Morgan fingerprint density at radius 1 is 1.22 bits per heavy atom. The van der Waals surface area contributed by atoms with E-state index >= 15 is 0 Å². The van der Waals surface area contributed by atoms with Crippen LogP contribution >= 0.6 is 0 Å². The largest absolute Gasteiger partial charge is 0.573 e. The minimum Gasteiger partial charge on any atom is -0.478 e. The van der Waals surface area contributed by atoms with Crippen molar-refractivity contribution >= 4 is 11.9 Å². The van der Waals surface area contributed by atoms with E-state index < -0.39 is 35.4 Å². The summed E-state index contributed by atoms with van der Waals surface area (Å²) in [6.45, 7) is 0.989. The smallest absolute Gasteiger partial charge is 0.478 e. The second kappa shape index (κ2) is 4.94. The zero-order valence-corrected chi connectivity index (χ0v) is 8.95. The number of carboxylic acids is 1. The molecule has 0 heterocycles. The number of carboxylic acid groups (broad SMARTS) is 1. The molecule has 98 valence electrons. The highest BCUT2D eigenvalue weighted by molar-refractivity contribution is 5.88. The zero-order chi connectivity index (χ0) is 13.9. The van der Waals surface area contributed by atoms with E-state index in [1.165, 1.54) is 0 Å². The quantitative estimate of drug-likeness (QED) is 0.669. The normalized spacial score (nSPS) is 10.9. The van der Waals surface area contributed by atoms with Crippen LogP contribution < -0.4 is 9.47 Å². The fraction of sp³-hybridized carbons (Fsp3) is 0.200. The maximum absolute atomic E-state index is 12.1. The van der Waals surface area contributed by atoms with Gasteiger partial charge in [0.15, 0.2) is 11.5 Å². The van der Waals surface area contributed by atoms with Gasteiger partial charge in [-0.05, 0) is 18.2 Å². The standard InChI is InChI=1S/C10H7F3O5/c1-5(14)17-7-3-2-6(9(15)16)4-8(7)18-10(11,12)13/h2-4H,1H3,(H,15,16). The second-order valence-corrected chi connectivity index (χ2v) is 3.11. The van der Waals surface area contributed by atoms with Crippen LogP contribution in [0.4, 0.5) is 13.2 Å². The lowest BCUT2D eigenvalue weighted by atomic mass is 10.2. The Hall–Kier alpha value is -2.25. The Bertz CT molecular complexity index is 481. The summed E-state index contributed by atoms with van der Waals surface area (Å²) in [5.41, 5.74) is -0.426. The van der Waals surface area contributed by atoms with Gasteiger partial charge in [0.25, 0.3) is 0 Å². The van der Waals surface area contributed by atoms with Crippen molar-refractivity contribution in [3.05, 3.63) is 23.8 Å². The fourth-order valence-electron chi connectivity index (χ4n) is 1.08. The number of ether oxygens (including phenoxy) is 2. The Morgan fingerprint density at radius 2 is 1.83 bits per heavy atom. The Labute approximate surface area is 98.7 Å². The summed E-state index contributed by atoms with van der Waals surface area (Å²) in [4.78, 5) is 21.3. The first-order valence-electron chi connectivity index (χ1n) is 4.50. The van der Waals surface area contributed by atoms with E-state index in [-0.39, 0.29) is 0 Å². The number of rotatable bonds is 3. The van der Waals surface area contributed by atoms with E-state index in [9.17, 15) is 22.8 Å². The van der Waals surface area contributed by atoms with Crippen LogP contribution in [-0.2, 0) is 4.79 Å². The van der Waals surface area contributed by atoms with Gasteiger partial charge in [-0.15, -0.1) is 13.2 Å². The summed E-state index contributed by atoms with van der Waals surface area (Å²) in [5, 5.41) is 8.64. The first-order valence-corrected chi connectivity index (χ1v) is 4.50. The van der Waals surface area contributed by atoms with Crippen LogP contribution in [0, 0.1) is 0 Å². The molecule has 0 aromatic heterocycles. The maximum atomic E-state index is 12.1. The summed E-state index contributed by atoms with van der Waals surface area (Å²) in [5.74, 6) is -3.69. The van der Waals surface area contributed by atoms with E-state index in [1.807, 2.05) is 0 Å². The Kier molecular flexibility index (Phi) is 3.79. The summed E-state index contributed by atoms with van der Waals surface area (Å²) in [6.07, 6.45) is -5.02. The molecule has 0 unspecified atom stereocenters. The van der Waals surface area contributed by atoms with E-state index in [0.29, 0.717) is 6.07 Å². The SMILES string of the molecule is CC(=O)Oc1ccc(C(=O)O)cc1OC(F)(F)F. The van der Waals surface area contributed by atoms with E-state index in [1.54, 1.807) is 0 Å². The van der Waals surface area contributed by atoms with Crippen molar-refractivity contribution < 1.29 is 37.3 Å². The highest BCUT2D eigenvalue weighted by Gasteiger charge is 2.33. The fourth-order valence-corrected chi connectivity index (χ4v) is 1.08. The number of halogens is 3. The average Bonchev–Trinajstić information content (AvgIpc) is 2.17. The van der Waals surface area contributed by atoms with Gasteiger partial charge in [-0.3, -0.25) is 4.79 Å². The van der Waals surface area contributed by atoms with Gasteiger partial charge in [-0.25, -0.2) is 4.79 Å². The number of carbonyl (C=O) groups is 2. The molecule has 8 heteroatoms. The number of aromatic carboxylic acids is 1. The minimum atomic E-state index is -5.02. The highest BCUT2D eigenvalue weighted by Crippen LogP contribution is 2.33. The molecule has 18 heavy (non-hydrogen) atoms. The van der Waals surface area contributed by atoms with Crippen LogP contribution in [0.1, 0.15) is 17.3 Å². The van der Waals surface area contributed by atoms with Crippen molar-refractivity contribution in [2.45, 2.75) is 13.3 Å². The zero-order valence-electron chi connectivity index (χ0n) is 8.95. The summed E-state index contributed by atoms with van der Waals surface area (Å²) in [7, 11) is 0. The molecule has 0 amide bonds. The van der Waals surface area contributed by atoms with Gasteiger partial charge in [0, 0.05) is 6.92 Å². The number of hydrogen-bond donors (Lipinski definition) is 1. The molecular formula is C10H7F3O5. The summed E-state index contributed by atoms with van der Waals surface area (Å²) >= 11 is 0. The monoisotopic (exact) mass is 264 g/mol. The molecule has 0 aliphatic rings. The molecule has 1 aromatic rings. The van der Waals surface area contributed by atoms with E-state index in [0.717, 1.165) is 19.1 Å². The molecule has 0 spiro atoms. The molecular weight excluding hydrogens is 257 g/mol. The second-order valence-electron chi connectivity index (χ2n) is 3.11. The number of esters is 1. The predicted molar refractivity (Wildman–Crippen MR) is 51.4 cm³/mol. The third-order valence-electron chi connectivity index (χ3n) is 1.67. The highest BCUT2D eigenvalue weighted by atomic mass is 19.4. The van der Waals surface area contributed by atoms with Crippen molar-refractivity contribution in [3.63, 3.8) is 0 Å². The summed E-state index contributed by atoms with van der Waals surface area (Å²) < 4.78 is 44.3. The van der Waals surface area contributed by atoms with Gasteiger partial charge in [0.2, 0.25) is 0 Å². The number of alkyl halides is 3. The molecule has 0 saturated carbocycles. The lowest BCUT2D eigenvalue weighted by Crippen LogP contribution is -2.18. The summed E-state index contributed by atoms with van der Waals surface area (Å²) in [6, 6.07) is 2.52. The van der Waals surface area contributed by atoms with Gasteiger partial charge >= 0.3 is 18.3 Å². The molecule has 5 nitrogen and oxygen atoms in total. The van der Waals surface area contributed by atoms with Gasteiger partial charge in [-0.1, -0.05) is 0 Å². The molecule has 0 bridgehead atoms. The van der Waals surface area contributed by atoms with Gasteiger partial charge in [0.1, 0.15) is 0 Å². The van der Waals surface area contributed by atoms with E-state index in [2.05, 4.69) is 9.47 Å². The Balaban J connectivity index is 3.17. The van der Waals surface area contributed by atoms with Crippen molar-refractivity contribution in [1.29, 1.82) is 0 Å². The van der Waals surface area contributed by atoms with Crippen LogP contribution in [0.2, 0.25) is 0 Å². The van der Waals surface area contributed by atoms with E-state index in [4.69, 9.17) is 5.11 Å². The average molecular weight is 264 g/mol. The lowest BCUT2D eigenvalue weighted by molar-refractivity contribution is -0.275.